The first-order chi connectivity index (χ1) is 6.38. The molecule has 1 aliphatic rings. The fraction of sp³-hybridized carbons (Fsp3) is 0.727. The van der Waals surface area contributed by atoms with Gasteiger partial charge in [0.15, 0.2) is 0 Å². The number of carbonyl (C=O) groups is 1. The Morgan fingerprint density at radius 2 is 2.15 bits per heavy atom. The van der Waals surface area contributed by atoms with Crippen LogP contribution in [0.5, 0.6) is 0 Å². The lowest BCUT2D eigenvalue weighted by Crippen LogP contribution is -1.90. The van der Waals surface area contributed by atoms with Crippen molar-refractivity contribution < 1.29 is 9.53 Å². The summed E-state index contributed by atoms with van der Waals surface area (Å²) in [5.41, 5.74) is 0. The zero-order chi connectivity index (χ0) is 9.52. The number of hydrogen-bond donors (Lipinski definition) is 0. The van der Waals surface area contributed by atoms with Gasteiger partial charge in [0.1, 0.15) is 12.4 Å². The molecule has 1 rings (SSSR count). The number of ether oxygens (including phenoxy) is 1. The Kier molecular flexibility index (Phi) is 4.76. The van der Waals surface area contributed by atoms with Crippen LogP contribution in [0.15, 0.2) is 12.2 Å². The molecule has 0 bridgehead atoms. The van der Waals surface area contributed by atoms with Crippen LogP contribution >= 0.6 is 0 Å². The molecule has 1 heterocycles. The third kappa shape index (κ3) is 4.23. The van der Waals surface area contributed by atoms with Crippen LogP contribution in [0.1, 0.15) is 39.0 Å². The number of hydrogen-bond acceptors (Lipinski definition) is 2. The maximum absolute atomic E-state index is 10.0. The van der Waals surface area contributed by atoms with Gasteiger partial charge in [-0.3, -0.25) is 4.79 Å². The fourth-order valence-corrected chi connectivity index (χ4v) is 1.49. The molecule has 0 saturated carbocycles. The zero-order valence-corrected chi connectivity index (χ0v) is 8.24. The highest BCUT2D eigenvalue weighted by Gasteiger charge is 2.35. The molecule has 0 spiro atoms. The van der Waals surface area contributed by atoms with Crippen LogP contribution in [0.3, 0.4) is 0 Å². The highest BCUT2D eigenvalue weighted by Crippen LogP contribution is 2.28. The Balaban J connectivity index is 1.94. The maximum Gasteiger partial charge on any atom is 0.142 e. The molecule has 0 aromatic carbocycles. The van der Waals surface area contributed by atoms with E-state index in [9.17, 15) is 4.79 Å². The van der Waals surface area contributed by atoms with E-state index in [-0.39, 0.29) is 6.10 Å². The van der Waals surface area contributed by atoms with Crippen molar-refractivity contribution in [3.05, 3.63) is 12.2 Å². The minimum atomic E-state index is 0.229. The van der Waals surface area contributed by atoms with Gasteiger partial charge in [-0.25, -0.2) is 0 Å². The molecule has 1 aliphatic heterocycles. The normalized spacial score (nSPS) is 26.5. The molecule has 0 aromatic heterocycles. The van der Waals surface area contributed by atoms with Crippen molar-refractivity contribution in [3.63, 3.8) is 0 Å². The summed E-state index contributed by atoms with van der Waals surface area (Å²) in [4.78, 5) is 10.0. The van der Waals surface area contributed by atoms with E-state index in [1.807, 2.05) is 6.08 Å². The summed E-state index contributed by atoms with van der Waals surface area (Å²) < 4.78 is 5.35. The van der Waals surface area contributed by atoms with E-state index in [0.717, 1.165) is 12.7 Å². The van der Waals surface area contributed by atoms with Crippen molar-refractivity contribution in [1.29, 1.82) is 0 Å². The van der Waals surface area contributed by atoms with Crippen molar-refractivity contribution in [3.8, 4) is 0 Å². The van der Waals surface area contributed by atoms with Crippen LogP contribution in [-0.4, -0.2) is 18.5 Å². The molecule has 2 atom stereocenters. The van der Waals surface area contributed by atoms with Gasteiger partial charge in [0.05, 0.1) is 6.10 Å². The second kappa shape index (κ2) is 5.92. The lowest BCUT2D eigenvalue weighted by molar-refractivity contribution is -0.104. The minimum Gasteiger partial charge on any atom is -0.365 e. The van der Waals surface area contributed by atoms with Crippen LogP contribution in [0.4, 0.5) is 0 Å². The summed E-state index contributed by atoms with van der Waals surface area (Å²) in [5, 5.41) is 0. The topological polar surface area (TPSA) is 29.6 Å². The Morgan fingerprint density at radius 1 is 1.31 bits per heavy atom. The molecule has 0 aliphatic carbocycles. The second-order valence-corrected chi connectivity index (χ2v) is 3.51. The van der Waals surface area contributed by atoms with Gasteiger partial charge >= 0.3 is 0 Å². The van der Waals surface area contributed by atoms with Gasteiger partial charge in [0, 0.05) is 0 Å². The van der Waals surface area contributed by atoms with Crippen molar-refractivity contribution in [2.45, 2.75) is 51.2 Å². The van der Waals surface area contributed by atoms with Gasteiger partial charge in [-0.2, -0.15) is 0 Å². The van der Waals surface area contributed by atoms with E-state index in [0.29, 0.717) is 6.10 Å². The monoisotopic (exact) mass is 182 g/mol. The quantitative estimate of drug-likeness (QED) is 0.262. The summed E-state index contributed by atoms with van der Waals surface area (Å²) in [5.74, 6) is 0. The molecule has 74 valence electrons. The molecule has 0 unspecified atom stereocenters. The number of aldehydes is 1. The molecule has 1 fully saturated rings. The summed E-state index contributed by atoms with van der Waals surface area (Å²) in [6.45, 7) is 2.21. The maximum atomic E-state index is 10.0. The SMILES string of the molecule is CCCCCC[C@H]1O[C@@H]1/C=C/C=O. The number of allylic oxidation sites excluding steroid dienone is 1. The van der Waals surface area contributed by atoms with E-state index >= 15 is 0 Å². The van der Waals surface area contributed by atoms with Gasteiger partial charge in [-0.05, 0) is 12.5 Å². The van der Waals surface area contributed by atoms with E-state index in [1.165, 1.54) is 31.8 Å². The average molecular weight is 182 g/mol. The number of carbonyl (C=O) groups excluding carboxylic acids is 1. The predicted octanol–water partition coefficient (Wildman–Crippen LogP) is 2.48. The molecule has 2 heteroatoms. The van der Waals surface area contributed by atoms with Gasteiger partial charge < -0.3 is 4.74 Å². The van der Waals surface area contributed by atoms with E-state index in [1.54, 1.807) is 0 Å². The Hall–Kier alpha value is -0.630. The summed E-state index contributed by atoms with van der Waals surface area (Å²) in [6.07, 6.45) is 11.1. The first kappa shape index (κ1) is 10.5. The van der Waals surface area contributed by atoms with Gasteiger partial charge in [0.2, 0.25) is 0 Å². The Labute approximate surface area is 80.0 Å². The van der Waals surface area contributed by atoms with Crippen LogP contribution in [0.2, 0.25) is 0 Å². The van der Waals surface area contributed by atoms with Crippen LogP contribution in [0, 0.1) is 0 Å². The number of rotatable bonds is 7. The molecule has 0 aromatic rings. The third-order valence-electron chi connectivity index (χ3n) is 2.34. The van der Waals surface area contributed by atoms with Crippen molar-refractivity contribution in [1.82, 2.24) is 0 Å². The molecule has 1 saturated heterocycles. The van der Waals surface area contributed by atoms with Gasteiger partial charge in [-0.1, -0.05) is 38.7 Å². The summed E-state index contributed by atoms with van der Waals surface area (Å²) >= 11 is 0. The van der Waals surface area contributed by atoms with Crippen LogP contribution in [0.25, 0.3) is 0 Å². The van der Waals surface area contributed by atoms with Crippen molar-refractivity contribution in [2.75, 3.05) is 0 Å². The van der Waals surface area contributed by atoms with Gasteiger partial charge in [0.25, 0.3) is 0 Å². The van der Waals surface area contributed by atoms with E-state index in [4.69, 9.17) is 4.74 Å². The molecule has 2 nitrogen and oxygen atoms in total. The fourth-order valence-electron chi connectivity index (χ4n) is 1.49. The molecule has 0 amide bonds. The standard InChI is InChI=1S/C11H18O2/c1-2-3-4-5-7-10-11(13-10)8-6-9-12/h6,8-11H,2-5,7H2,1H3/b8-6+/t10-,11-/m1/s1. The Bertz CT molecular complexity index is 175. The second-order valence-electron chi connectivity index (χ2n) is 3.51. The van der Waals surface area contributed by atoms with Crippen LogP contribution < -0.4 is 0 Å². The molecule has 0 N–H and O–H groups in total. The average Bonchev–Trinajstić information content (AvgIpc) is 2.88. The zero-order valence-electron chi connectivity index (χ0n) is 8.24. The van der Waals surface area contributed by atoms with Crippen LogP contribution in [-0.2, 0) is 9.53 Å². The first-order valence-electron chi connectivity index (χ1n) is 5.16. The third-order valence-corrected chi connectivity index (χ3v) is 2.34. The molecular weight excluding hydrogens is 164 g/mol. The largest absolute Gasteiger partial charge is 0.365 e. The summed E-state index contributed by atoms with van der Waals surface area (Å²) in [6, 6.07) is 0. The molecule has 0 radical (unpaired) electrons. The molecular formula is C11H18O2. The van der Waals surface area contributed by atoms with E-state index in [2.05, 4.69) is 6.92 Å². The number of unbranched alkanes of at least 4 members (excludes halogenated alkanes) is 3. The van der Waals surface area contributed by atoms with Crippen molar-refractivity contribution >= 4 is 6.29 Å². The molecule has 13 heavy (non-hydrogen) atoms. The lowest BCUT2D eigenvalue weighted by atomic mass is 10.1. The Morgan fingerprint density at radius 3 is 2.85 bits per heavy atom. The minimum absolute atomic E-state index is 0.229. The highest BCUT2D eigenvalue weighted by atomic mass is 16.6. The number of epoxide rings is 1. The highest BCUT2D eigenvalue weighted by molar-refractivity contribution is 5.64. The smallest absolute Gasteiger partial charge is 0.142 e. The summed E-state index contributed by atoms with van der Waals surface area (Å²) in [7, 11) is 0. The first-order valence-corrected chi connectivity index (χ1v) is 5.16. The lowest BCUT2D eigenvalue weighted by Gasteiger charge is -1.94. The van der Waals surface area contributed by atoms with Crippen molar-refractivity contribution in [2.24, 2.45) is 0 Å². The predicted molar refractivity (Wildman–Crippen MR) is 52.6 cm³/mol. The van der Waals surface area contributed by atoms with Gasteiger partial charge in [-0.15, -0.1) is 0 Å². The van der Waals surface area contributed by atoms with E-state index < -0.39 is 0 Å².